The number of aryl methyl sites for hydroxylation is 1. The molecule has 2 atom stereocenters. The van der Waals surface area contributed by atoms with Gasteiger partial charge in [0.2, 0.25) is 5.91 Å². The number of carbonyl (C=O) groups is 2. The first kappa shape index (κ1) is 23.4. The van der Waals surface area contributed by atoms with Gasteiger partial charge in [-0.25, -0.2) is 9.18 Å². The monoisotopic (exact) mass is 516 g/mol. The number of rotatable bonds is 7. The lowest BCUT2D eigenvalue weighted by Crippen LogP contribution is -2.61. The van der Waals surface area contributed by atoms with Gasteiger partial charge < -0.3 is 20.1 Å². The van der Waals surface area contributed by atoms with Gasteiger partial charge in [-0.1, -0.05) is 24.3 Å². The first-order valence-corrected chi connectivity index (χ1v) is 11.8. The van der Waals surface area contributed by atoms with Gasteiger partial charge in [0.15, 0.2) is 0 Å². The number of halogens is 2. The molecular formula is C25H26BrFN2O4. The Morgan fingerprint density at radius 2 is 1.97 bits per heavy atom. The van der Waals surface area contributed by atoms with E-state index in [9.17, 15) is 19.1 Å². The molecule has 2 bridgehead atoms. The van der Waals surface area contributed by atoms with Crippen molar-refractivity contribution in [3.05, 3.63) is 69.5 Å². The van der Waals surface area contributed by atoms with Crippen molar-refractivity contribution in [3.8, 4) is 5.75 Å². The molecule has 2 heterocycles. The molecule has 0 aromatic heterocycles. The van der Waals surface area contributed by atoms with Gasteiger partial charge in [-0.3, -0.25) is 4.79 Å². The molecule has 1 saturated heterocycles. The number of carbonyl (C=O) groups excluding carboxylic acids is 1. The van der Waals surface area contributed by atoms with Crippen molar-refractivity contribution in [1.29, 1.82) is 0 Å². The summed E-state index contributed by atoms with van der Waals surface area (Å²) in [5.74, 6) is -0.831. The zero-order chi connectivity index (χ0) is 23.5. The zero-order valence-electron chi connectivity index (χ0n) is 18.3. The van der Waals surface area contributed by atoms with Gasteiger partial charge >= 0.3 is 5.97 Å². The van der Waals surface area contributed by atoms with E-state index in [0.29, 0.717) is 41.9 Å². The molecule has 33 heavy (non-hydrogen) atoms. The summed E-state index contributed by atoms with van der Waals surface area (Å²) >= 11 is 3.35. The largest absolute Gasteiger partial charge is 0.492 e. The third-order valence-electron chi connectivity index (χ3n) is 6.14. The summed E-state index contributed by atoms with van der Waals surface area (Å²) in [6.07, 6.45) is 2.12. The Bertz CT molecular complexity index is 1090. The molecule has 0 unspecified atom stereocenters. The first-order valence-electron chi connectivity index (χ1n) is 11.0. The van der Waals surface area contributed by atoms with Crippen LogP contribution in [0.3, 0.4) is 0 Å². The predicted octanol–water partition coefficient (Wildman–Crippen LogP) is 4.03. The molecule has 1 fully saturated rings. The molecule has 6 nitrogen and oxygen atoms in total. The summed E-state index contributed by atoms with van der Waals surface area (Å²) in [5.41, 5.74) is 3.21. The van der Waals surface area contributed by atoms with Crippen LogP contribution >= 0.6 is 15.9 Å². The summed E-state index contributed by atoms with van der Waals surface area (Å²) in [7, 11) is 0. The van der Waals surface area contributed by atoms with Crippen molar-refractivity contribution < 1.29 is 23.8 Å². The van der Waals surface area contributed by atoms with E-state index in [-0.39, 0.29) is 23.8 Å². The average molecular weight is 517 g/mol. The number of carboxylic acid groups (broad SMARTS) is 1. The van der Waals surface area contributed by atoms with Crippen molar-refractivity contribution in [2.75, 3.05) is 19.7 Å². The van der Waals surface area contributed by atoms with Crippen molar-refractivity contribution in [2.24, 2.45) is 0 Å². The number of carboxylic acids is 1. The summed E-state index contributed by atoms with van der Waals surface area (Å²) in [6.45, 7) is 2.94. The summed E-state index contributed by atoms with van der Waals surface area (Å²) in [6, 6.07) is 12.0. The number of hydrogen-bond acceptors (Lipinski definition) is 4. The fourth-order valence-corrected chi connectivity index (χ4v) is 4.90. The van der Waals surface area contributed by atoms with Gasteiger partial charge in [0.1, 0.15) is 11.6 Å². The maximum Gasteiger partial charge on any atom is 0.333 e. The maximum absolute atomic E-state index is 13.4. The van der Waals surface area contributed by atoms with E-state index in [2.05, 4.69) is 21.2 Å². The third kappa shape index (κ3) is 5.45. The van der Waals surface area contributed by atoms with E-state index in [1.54, 1.807) is 11.0 Å². The number of aliphatic carboxylic acids is 1. The lowest BCUT2D eigenvalue weighted by atomic mass is 9.83. The topological polar surface area (TPSA) is 78.9 Å². The van der Waals surface area contributed by atoms with E-state index in [1.807, 2.05) is 24.3 Å². The molecule has 2 N–H and O–H groups in total. The molecule has 2 aliphatic heterocycles. The quantitative estimate of drug-likeness (QED) is 0.543. The van der Waals surface area contributed by atoms with Crippen LogP contribution in [0, 0.1) is 5.82 Å². The van der Waals surface area contributed by atoms with E-state index in [1.165, 1.54) is 19.1 Å². The summed E-state index contributed by atoms with van der Waals surface area (Å²) < 4.78 is 19.7. The average Bonchev–Trinajstić information content (AvgIpc) is 2.78. The van der Waals surface area contributed by atoms with Gasteiger partial charge in [-0.15, -0.1) is 0 Å². The lowest BCUT2D eigenvalue weighted by molar-refractivity contribution is -0.135. The molecule has 2 aliphatic rings. The normalized spacial score (nSPS) is 20.0. The third-order valence-corrected chi connectivity index (χ3v) is 6.80. The van der Waals surface area contributed by atoms with Crippen molar-refractivity contribution in [1.82, 2.24) is 10.2 Å². The molecule has 0 saturated carbocycles. The highest BCUT2D eigenvalue weighted by Crippen LogP contribution is 2.33. The molecular weight excluding hydrogens is 491 g/mol. The van der Waals surface area contributed by atoms with Crippen LogP contribution in [0.15, 0.2) is 52.5 Å². The number of nitrogens with one attached hydrogen (secondary N) is 1. The van der Waals surface area contributed by atoms with Crippen molar-refractivity contribution in [3.63, 3.8) is 0 Å². The van der Waals surface area contributed by atoms with E-state index < -0.39 is 5.97 Å². The number of hydrogen-bond donors (Lipinski definition) is 2. The Balaban J connectivity index is 1.41. The van der Waals surface area contributed by atoms with Gasteiger partial charge in [-0.2, -0.15) is 0 Å². The highest BCUT2D eigenvalue weighted by molar-refractivity contribution is 9.10. The van der Waals surface area contributed by atoms with E-state index in [0.717, 1.165) is 29.5 Å². The highest BCUT2D eigenvalue weighted by Gasteiger charge is 2.38. The van der Waals surface area contributed by atoms with Gasteiger partial charge in [0, 0.05) is 32.1 Å². The number of benzene rings is 2. The second-order valence-corrected chi connectivity index (χ2v) is 9.32. The SMILES string of the molecule is CC(=O)N1C[C@H]2CC(c3ccc(CCCOc4cc(F)ccc4Br)cc3)=C(C(=O)O)[C@@H](C1)N2. The molecule has 0 spiro atoms. The second-order valence-electron chi connectivity index (χ2n) is 8.47. The maximum atomic E-state index is 13.4. The van der Waals surface area contributed by atoms with Crippen LogP contribution < -0.4 is 10.1 Å². The molecule has 2 aromatic carbocycles. The van der Waals surface area contributed by atoms with Crippen molar-refractivity contribution in [2.45, 2.75) is 38.3 Å². The minimum Gasteiger partial charge on any atom is -0.492 e. The van der Waals surface area contributed by atoms with Crippen LogP contribution in [0.2, 0.25) is 0 Å². The smallest absolute Gasteiger partial charge is 0.333 e. The highest BCUT2D eigenvalue weighted by atomic mass is 79.9. The fraction of sp³-hybridized carbons (Fsp3) is 0.360. The minimum atomic E-state index is -0.948. The van der Waals surface area contributed by atoms with Crippen LogP contribution in [0.4, 0.5) is 4.39 Å². The number of fused-ring (bicyclic) bond motifs is 2. The second kappa shape index (κ2) is 10.1. The van der Waals surface area contributed by atoms with E-state index >= 15 is 0 Å². The lowest BCUT2D eigenvalue weighted by Gasteiger charge is -2.43. The van der Waals surface area contributed by atoms with Gasteiger partial charge in [0.05, 0.1) is 22.7 Å². The predicted molar refractivity (Wildman–Crippen MR) is 126 cm³/mol. The molecule has 4 rings (SSSR count). The Hall–Kier alpha value is -2.71. The number of piperazine rings is 1. The minimum absolute atomic E-state index is 0.0298. The van der Waals surface area contributed by atoms with Crippen molar-refractivity contribution >= 4 is 33.4 Å². The molecule has 0 aliphatic carbocycles. The first-order chi connectivity index (χ1) is 15.8. The number of nitrogens with zero attached hydrogens (tertiary/aromatic N) is 1. The Kier molecular flexibility index (Phi) is 7.14. The van der Waals surface area contributed by atoms with Crippen LogP contribution in [-0.2, 0) is 16.0 Å². The van der Waals surface area contributed by atoms with Gasteiger partial charge in [-0.05, 0) is 64.0 Å². The molecule has 0 radical (unpaired) electrons. The number of ether oxygens (including phenoxy) is 1. The standard InChI is InChI=1S/C25H26BrFN2O4/c1-15(30)29-13-19-12-20(24(25(31)32)22(14-29)28-19)17-6-4-16(5-7-17)3-2-10-33-23-11-18(27)8-9-21(23)26/h4-9,11,19,22,28H,2-3,10,12-14H2,1H3,(H,31,32)/t19-,22-/m1/s1. The zero-order valence-corrected chi connectivity index (χ0v) is 19.9. The Morgan fingerprint density at radius 1 is 1.21 bits per heavy atom. The molecule has 1 amide bonds. The summed E-state index contributed by atoms with van der Waals surface area (Å²) in [5, 5.41) is 13.3. The van der Waals surface area contributed by atoms with Crippen LogP contribution in [-0.4, -0.2) is 53.7 Å². The Morgan fingerprint density at radius 3 is 2.67 bits per heavy atom. The van der Waals surface area contributed by atoms with Gasteiger partial charge in [0.25, 0.3) is 0 Å². The Labute approximate surface area is 200 Å². The van der Waals surface area contributed by atoms with E-state index in [4.69, 9.17) is 4.74 Å². The molecule has 2 aromatic rings. The number of amides is 1. The molecule has 8 heteroatoms. The molecule has 174 valence electrons. The van der Waals surface area contributed by atoms with Crippen LogP contribution in [0.5, 0.6) is 5.75 Å². The van der Waals surface area contributed by atoms with Crippen LogP contribution in [0.1, 0.15) is 30.9 Å². The summed E-state index contributed by atoms with van der Waals surface area (Å²) in [4.78, 5) is 25.6. The van der Waals surface area contributed by atoms with Crippen LogP contribution in [0.25, 0.3) is 5.57 Å². The fourth-order valence-electron chi connectivity index (χ4n) is 4.54.